The van der Waals surface area contributed by atoms with Gasteiger partial charge in [-0.05, 0) is 13.3 Å². The number of rotatable bonds is 7. The molecule has 0 saturated heterocycles. The smallest absolute Gasteiger partial charge is 0.240 e. The third-order valence-corrected chi connectivity index (χ3v) is 5.29. The average molecular weight is 344 g/mol. The summed E-state index contributed by atoms with van der Waals surface area (Å²) >= 11 is 0. The van der Waals surface area contributed by atoms with Gasteiger partial charge in [-0.2, -0.15) is 9.40 Å². The predicted molar refractivity (Wildman–Crippen MR) is 91.9 cm³/mol. The molecule has 1 heterocycles. The highest BCUT2D eigenvalue weighted by Crippen LogP contribution is 2.23. The zero-order chi connectivity index (χ0) is 17.8. The molecule has 0 radical (unpaired) electrons. The summed E-state index contributed by atoms with van der Waals surface area (Å²) in [6.07, 6.45) is 0.659. The maximum absolute atomic E-state index is 12.2. The van der Waals surface area contributed by atoms with Gasteiger partial charge in [0.25, 0.3) is 0 Å². The molecule has 1 rings (SSSR count). The van der Waals surface area contributed by atoms with Crippen LogP contribution in [0.15, 0.2) is 6.07 Å². The molecular formula is C15H28N4O3S. The summed E-state index contributed by atoms with van der Waals surface area (Å²) in [6, 6.07) is 1.82. The number of anilines is 1. The lowest BCUT2D eigenvalue weighted by atomic mass is 9.92. The number of aromatic nitrogens is 2. The maximum atomic E-state index is 12.2. The van der Waals surface area contributed by atoms with E-state index in [1.54, 1.807) is 18.7 Å². The van der Waals surface area contributed by atoms with E-state index in [0.29, 0.717) is 18.8 Å². The zero-order valence-corrected chi connectivity index (χ0v) is 15.7. The van der Waals surface area contributed by atoms with E-state index in [2.05, 4.69) is 10.4 Å². The van der Waals surface area contributed by atoms with E-state index < -0.39 is 10.0 Å². The molecule has 0 aromatic carbocycles. The number of sulfonamides is 1. The van der Waals surface area contributed by atoms with Crippen LogP contribution >= 0.6 is 0 Å². The van der Waals surface area contributed by atoms with Gasteiger partial charge in [0.15, 0.2) is 0 Å². The molecular weight excluding hydrogens is 316 g/mol. The first kappa shape index (κ1) is 19.6. The standard InChI is InChI=1S/C15H28N4O3S/c1-7-9-19(23(21,22)8-2)11-14(20)16-13-10-12(15(3,4)5)17-18(13)6/h10H,7-9,11H2,1-6H3,(H,16,20). The number of nitrogens with zero attached hydrogens (tertiary/aromatic N) is 3. The Morgan fingerprint density at radius 2 is 1.96 bits per heavy atom. The molecule has 1 aromatic rings. The number of hydrogen-bond donors (Lipinski definition) is 1. The molecule has 0 saturated carbocycles. The number of nitrogens with one attached hydrogen (secondary N) is 1. The summed E-state index contributed by atoms with van der Waals surface area (Å²) in [4.78, 5) is 12.2. The van der Waals surface area contributed by atoms with Crippen LogP contribution in [0.1, 0.15) is 46.7 Å². The van der Waals surface area contributed by atoms with E-state index in [1.165, 1.54) is 4.31 Å². The van der Waals surface area contributed by atoms with Crippen molar-refractivity contribution in [1.82, 2.24) is 14.1 Å². The highest BCUT2D eigenvalue weighted by molar-refractivity contribution is 7.89. The van der Waals surface area contributed by atoms with E-state index in [4.69, 9.17) is 0 Å². The lowest BCUT2D eigenvalue weighted by molar-refractivity contribution is -0.116. The minimum atomic E-state index is -3.39. The van der Waals surface area contributed by atoms with E-state index in [1.807, 2.05) is 33.8 Å². The maximum Gasteiger partial charge on any atom is 0.240 e. The normalized spacial score (nSPS) is 12.7. The summed E-state index contributed by atoms with van der Waals surface area (Å²) < 4.78 is 26.8. The van der Waals surface area contributed by atoms with Crippen molar-refractivity contribution >= 4 is 21.7 Å². The average Bonchev–Trinajstić information content (AvgIpc) is 2.79. The first-order valence-corrected chi connectivity index (χ1v) is 9.44. The van der Waals surface area contributed by atoms with Gasteiger partial charge in [-0.25, -0.2) is 8.42 Å². The predicted octanol–water partition coefficient (Wildman–Crippen LogP) is 1.72. The lowest BCUT2D eigenvalue weighted by Crippen LogP contribution is -2.39. The second kappa shape index (κ2) is 7.44. The molecule has 0 aliphatic carbocycles. The van der Waals surface area contributed by atoms with Gasteiger partial charge in [-0.15, -0.1) is 0 Å². The third kappa shape index (κ3) is 5.31. The molecule has 1 aromatic heterocycles. The molecule has 0 fully saturated rings. The molecule has 0 bridgehead atoms. The fourth-order valence-corrected chi connectivity index (χ4v) is 3.18. The van der Waals surface area contributed by atoms with Crippen LogP contribution in [0.3, 0.4) is 0 Å². The summed E-state index contributed by atoms with van der Waals surface area (Å²) in [5.74, 6) is 0.185. The third-order valence-electron chi connectivity index (χ3n) is 3.47. The summed E-state index contributed by atoms with van der Waals surface area (Å²) in [6.45, 7) is 9.73. The molecule has 7 nitrogen and oxygen atoms in total. The van der Waals surface area contributed by atoms with Crippen molar-refractivity contribution < 1.29 is 13.2 Å². The van der Waals surface area contributed by atoms with Crippen molar-refractivity contribution in [3.8, 4) is 0 Å². The summed E-state index contributed by atoms with van der Waals surface area (Å²) in [7, 11) is -1.64. The van der Waals surface area contributed by atoms with Crippen LogP contribution in [0, 0.1) is 0 Å². The van der Waals surface area contributed by atoms with Crippen molar-refractivity contribution in [3.63, 3.8) is 0 Å². The van der Waals surface area contributed by atoms with Gasteiger partial charge in [0.05, 0.1) is 18.0 Å². The van der Waals surface area contributed by atoms with Crippen LogP contribution in [0.5, 0.6) is 0 Å². The Kier molecular flexibility index (Phi) is 6.35. The van der Waals surface area contributed by atoms with Crippen molar-refractivity contribution in [2.24, 2.45) is 7.05 Å². The Balaban J connectivity index is 2.85. The SMILES string of the molecule is CCCN(CC(=O)Nc1cc(C(C)(C)C)nn1C)S(=O)(=O)CC. The number of carbonyl (C=O) groups excluding carboxylic acids is 1. The Hall–Kier alpha value is -1.41. The molecule has 0 atom stereocenters. The molecule has 1 amide bonds. The lowest BCUT2D eigenvalue weighted by Gasteiger charge is -2.20. The van der Waals surface area contributed by atoms with Crippen molar-refractivity contribution in [2.75, 3.05) is 24.2 Å². The number of amides is 1. The van der Waals surface area contributed by atoms with Gasteiger partial charge >= 0.3 is 0 Å². The highest BCUT2D eigenvalue weighted by Gasteiger charge is 2.23. The molecule has 8 heteroatoms. The van der Waals surface area contributed by atoms with Crippen molar-refractivity contribution in [3.05, 3.63) is 11.8 Å². The number of hydrogen-bond acceptors (Lipinski definition) is 4. The van der Waals surface area contributed by atoms with Crippen LogP contribution in [-0.4, -0.2) is 47.3 Å². The van der Waals surface area contributed by atoms with Gasteiger partial charge in [-0.1, -0.05) is 27.7 Å². The van der Waals surface area contributed by atoms with E-state index in [9.17, 15) is 13.2 Å². The Labute approximate surface area is 139 Å². The first-order valence-electron chi connectivity index (χ1n) is 7.83. The molecule has 1 N–H and O–H groups in total. The minimum absolute atomic E-state index is 0.0137. The second-order valence-corrected chi connectivity index (χ2v) is 8.83. The largest absolute Gasteiger partial charge is 0.310 e. The van der Waals surface area contributed by atoms with Crippen LogP contribution in [0.2, 0.25) is 0 Å². The summed E-state index contributed by atoms with van der Waals surface area (Å²) in [5.41, 5.74) is 0.738. The fraction of sp³-hybridized carbons (Fsp3) is 0.733. The molecule has 23 heavy (non-hydrogen) atoms. The minimum Gasteiger partial charge on any atom is -0.310 e. The zero-order valence-electron chi connectivity index (χ0n) is 14.9. The van der Waals surface area contributed by atoms with Crippen LogP contribution in [-0.2, 0) is 27.3 Å². The van der Waals surface area contributed by atoms with Crippen LogP contribution < -0.4 is 5.32 Å². The van der Waals surface area contributed by atoms with Gasteiger partial charge < -0.3 is 5.32 Å². The van der Waals surface area contributed by atoms with E-state index in [-0.39, 0.29) is 23.6 Å². The highest BCUT2D eigenvalue weighted by atomic mass is 32.2. The topological polar surface area (TPSA) is 84.3 Å². The Morgan fingerprint density at radius 1 is 1.35 bits per heavy atom. The molecule has 0 spiro atoms. The molecule has 0 aliphatic heterocycles. The van der Waals surface area contributed by atoms with Gasteiger partial charge in [0.1, 0.15) is 5.82 Å². The van der Waals surface area contributed by atoms with Crippen LogP contribution in [0.25, 0.3) is 0 Å². The monoisotopic (exact) mass is 344 g/mol. The van der Waals surface area contributed by atoms with Gasteiger partial charge in [-0.3, -0.25) is 9.48 Å². The number of carbonyl (C=O) groups is 1. The van der Waals surface area contributed by atoms with Crippen LogP contribution in [0.4, 0.5) is 5.82 Å². The Bertz CT molecular complexity index is 644. The quantitative estimate of drug-likeness (QED) is 0.816. The van der Waals surface area contributed by atoms with E-state index in [0.717, 1.165) is 5.69 Å². The fourth-order valence-electron chi connectivity index (χ4n) is 2.04. The van der Waals surface area contributed by atoms with Crippen molar-refractivity contribution in [1.29, 1.82) is 0 Å². The van der Waals surface area contributed by atoms with Crippen molar-refractivity contribution in [2.45, 2.75) is 46.5 Å². The van der Waals surface area contributed by atoms with E-state index >= 15 is 0 Å². The second-order valence-electron chi connectivity index (χ2n) is 6.57. The summed E-state index contributed by atoms with van der Waals surface area (Å²) in [5, 5.41) is 7.13. The Morgan fingerprint density at radius 3 is 2.39 bits per heavy atom. The molecule has 0 aliphatic rings. The number of aryl methyl sites for hydroxylation is 1. The van der Waals surface area contributed by atoms with Gasteiger partial charge in [0, 0.05) is 25.1 Å². The molecule has 132 valence electrons. The van der Waals surface area contributed by atoms with Gasteiger partial charge in [0.2, 0.25) is 15.9 Å². The molecule has 0 unspecified atom stereocenters. The first-order chi connectivity index (χ1) is 10.5.